The van der Waals surface area contributed by atoms with Crippen LogP contribution in [0.25, 0.3) is 60.5 Å². The van der Waals surface area contributed by atoms with E-state index in [-0.39, 0.29) is 77.7 Å². The van der Waals surface area contributed by atoms with Crippen molar-refractivity contribution < 1.29 is 41.9 Å². The highest BCUT2D eigenvalue weighted by molar-refractivity contribution is 7.27. The Morgan fingerprint density at radius 2 is 1.07 bits per heavy atom. The fourth-order valence-electron chi connectivity index (χ4n) is 7.27. The molecular weight excluding hydrogens is 788 g/mol. The molecule has 8 aromatic rings. The molecule has 0 bridgehead atoms. The van der Waals surface area contributed by atoms with E-state index in [0.29, 0.717) is 25.7 Å². The Morgan fingerprint density at radius 1 is 0.638 bits per heavy atom. The molecule has 0 radical (unpaired) electrons. The van der Waals surface area contributed by atoms with Crippen molar-refractivity contribution in [1.29, 1.82) is 0 Å². The van der Waals surface area contributed by atoms with E-state index in [1.54, 1.807) is 36.4 Å². The average molecular weight is 808 g/mol. The molecule has 2 aliphatic carbocycles. The first-order chi connectivity index (χ1) is 28.0. The standard InChI is InChI=1S/C44H20F3N3O6S2/c1-2-20-8-21-9-25-26(10-22(21)13-31(20)45)37(52)29(36(25)51)16-34-48-42-40(57-34)41-43(50(42)44(55)56-18-19-6-4-3-5-7-19)49-35(58-41)17-30-38(53)27-11-23-14-32(46)33(47)15-24(23)12-28(27)39(30)54/h2-17H,1,18H2/b29-16+. The van der Waals surface area contributed by atoms with Crippen molar-refractivity contribution in [3.63, 3.8) is 0 Å². The number of Topliss-reactive ketones (excluding diaryl/α,β-unsaturated/α-hetero) is 4. The zero-order chi connectivity index (χ0) is 40.1. The van der Waals surface area contributed by atoms with Crippen molar-refractivity contribution in [2.45, 2.75) is 6.61 Å². The van der Waals surface area contributed by atoms with Crippen molar-refractivity contribution in [2.24, 2.45) is 0 Å². The molecule has 0 saturated heterocycles. The average Bonchev–Trinajstić information content (AvgIpc) is 3.98. The van der Waals surface area contributed by atoms with Crippen LogP contribution in [0.15, 0.2) is 96.6 Å². The van der Waals surface area contributed by atoms with Gasteiger partial charge in [0.05, 0.1) is 20.5 Å². The van der Waals surface area contributed by atoms with Gasteiger partial charge in [0, 0.05) is 27.8 Å². The monoisotopic (exact) mass is 807 g/mol. The highest BCUT2D eigenvalue weighted by atomic mass is 32.1. The summed E-state index contributed by atoms with van der Waals surface area (Å²) in [5.74, 6) is -5.05. The van der Waals surface area contributed by atoms with Gasteiger partial charge in [-0.05, 0) is 87.8 Å². The molecular formula is C44H20F3N3O6S2. The highest BCUT2D eigenvalue weighted by Crippen LogP contribution is 2.41. The summed E-state index contributed by atoms with van der Waals surface area (Å²) in [6, 6.07) is 19.4. The van der Waals surface area contributed by atoms with E-state index < -0.39 is 46.7 Å². The van der Waals surface area contributed by atoms with Crippen LogP contribution >= 0.6 is 22.7 Å². The van der Waals surface area contributed by atoms with Crippen LogP contribution in [0.4, 0.5) is 18.0 Å². The number of benzene rings is 5. The molecule has 0 amide bonds. The number of nitrogens with zero attached hydrogens (tertiary/aromatic N) is 3. The Kier molecular flexibility index (Phi) is 7.87. The van der Waals surface area contributed by atoms with Gasteiger partial charge in [0.15, 0.2) is 46.1 Å². The van der Waals surface area contributed by atoms with E-state index in [0.717, 1.165) is 39.4 Å². The van der Waals surface area contributed by atoms with Crippen LogP contribution in [0.5, 0.6) is 0 Å². The van der Waals surface area contributed by atoms with Crippen LogP contribution in [0.2, 0.25) is 0 Å². The molecule has 58 heavy (non-hydrogen) atoms. The number of aromatic nitrogens is 3. The van der Waals surface area contributed by atoms with E-state index in [4.69, 9.17) is 4.74 Å². The molecule has 0 fully saturated rings. The zero-order valence-corrected chi connectivity index (χ0v) is 31.0. The second-order valence-corrected chi connectivity index (χ2v) is 15.6. The topological polar surface area (TPSA) is 125 Å². The lowest BCUT2D eigenvalue weighted by Gasteiger charge is -2.06. The highest BCUT2D eigenvalue weighted by Gasteiger charge is 2.36. The maximum Gasteiger partial charge on any atom is 0.421 e. The summed E-state index contributed by atoms with van der Waals surface area (Å²) >= 11 is 2.15. The van der Waals surface area contributed by atoms with E-state index in [1.807, 2.05) is 6.07 Å². The number of ketones is 4. The third-order valence-electron chi connectivity index (χ3n) is 10.1. The summed E-state index contributed by atoms with van der Waals surface area (Å²) in [5.41, 5.74) is 1.21. The molecule has 280 valence electrons. The van der Waals surface area contributed by atoms with Crippen molar-refractivity contribution in [3.8, 4) is 0 Å². The number of fused-ring (bicyclic) bond motifs is 7. The number of hydrogen-bond donors (Lipinski definition) is 0. The first kappa shape index (κ1) is 35.3. The third-order valence-corrected chi connectivity index (χ3v) is 12.2. The van der Waals surface area contributed by atoms with E-state index in [1.165, 1.54) is 42.5 Å². The lowest BCUT2D eigenvalue weighted by Crippen LogP contribution is -2.14. The third kappa shape index (κ3) is 5.40. The number of halogens is 3. The summed E-state index contributed by atoms with van der Waals surface area (Å²) in [4.78, 5) is 77.4. The van der Waals surface area contributed by atoms with Crippen LogP contribution in [-0.4, -0.2) is 43.8 Å². The Hall–Kier alpha value is -7.16. The second kappa shape index (κ2) is 12.9. The normalized spacial score (nSPS) is 14.5. The minimum Gasteiger partial charge on any atom is -0.444 e. The maximum atomic E-state index is 14.5. The van der Waals surface area contributed by atoms with Gasteiger partial charge in [0.2, 0.25) is 0 Å². The van der Waals surface area contributed by atoms with Crippen molar-refractivity contribution in [3.05, 3.63) is 157 Å². The van der Waals surface area contributed by atoms with Crippen molar-refractivity contribution >= 4 is 112 Å². The van der Waals surface area contributed by atoms with Crippen molar-refractivity contribution in [1.82, 2.24) is 14.5 Å². The van der Waals surface area contributed by atoms with Gasteiger partial charge >= 0.3 is 6.09 Å². The second-order valence-electron chi connectivity index (χ2n) is 13.6. The smallest absolute Gasteiger partial charge is 0.421 e. The molecule has 0 saturated carbocycles. The lowest BCUT2D eigenvalue weighted by atomic mass is 10.00. The summed E-state index contributed by atoms with van der Waals surface area (Å²) in [6.45, 7) is 3.54. The SMILES string of the molecule is C=Cc1cc2cc3c(cc2cc1F)C(=O)/C(=C/c1nc2c(s1)c1sc(C=C4C(=O)c5cc6cc(F)c(F)cc6cc5C4=O)nc1n2C(=O)OCc1ccccc1)C3=O. The minimum atomic E-state index is -1.09. The summed E-state index contributed by atoms with van der Waals surface area (Å²) in [6.07, 6.45) is 3.18. The number of hydrogen-bond acceptors (Lipinski definition) is 10. The van der Waals surface area contributed by atoms with Gasteiger partial charge in [-0.15, -0.1) is 22.7 Å². The molecule has 0 spiro atoms. The largest absolute Gasteiger partial charge is 0.444 e. The first-order valence-electron chi connectivity index (χ1n) is 17.4. The van der Waals surface area contributed by atoms with Gasteiger partial charge in [0.1, 0.15) is 22.4 Å². The Morgan fingerprint density at radius 3 is 1.52 bits per heavy atom. The fourth-order valence-corrected chi connectivity index (χ4v) is 9.38. The number of ether oxygens (including phenoxy) is 1. The predicted octanol–water partition coefficient (Wildman–Crippen LogP) is 10.2. The number of thiazole rings is 2. The summed E-state index contributed by atoms with van der Waals surface area (Å²) in [5, 5.41) is 1.90. The summed E-state index contributed by atoms with van der Waals surface area (Å²) in [7, 11) is 0. The number of allylic oxidation sites excluding steroid dienone is 2. The quantitative estimate of drug-likeness (QED) is 0.124. The molecule has 10 rings (SSSR count). The van der Waals surface area contributed by atoms with Gasteiger partial charge in [-0.2, -0.15) is 0 Å². The fraction of sp³-hybridized carbons (Fsp3) is 0.0227. The van der Waals surface area contributed by atoms with Gasteiger partial charge in [-0.3, -0.25) is 19.2 Å². The van der Waals surface area contributed by atoms with Gasteiger partial charge in [0.25, 0.3) is 0 Å². The molecule has 5 aromatic carbocycles. The molecule has 0 N–H and O–H groups in total. The molecule has 0 unspecified atom stereocenters. The number of carbonyl (C=O) groups excluding carboxylic acids is 5. The Bertz CT molecular complexity index is 3280. The predicted molar refractivity (Wildman–Crippen MR) is 214 cm³/mol. The molecule has 2 aliphatic rings. The maximum absolute atomic E-state index is 14.5. The molecule has 14 heteroatoms. The molecule has 3 heterocycles. The molecule has 0 aliphatic heterocycles. The molecule has 0 atom stereocenters. The number of carbonyl (C=O) groups is 5. The minimum absolute atomic E-state index is 0.0346. The van der Waals surface area contributed by atoms with Crippen molar-refractivity contribution in [2.75, 3.05) is 0 Å². The van der Waals surface area contributed by atoms with E-state index in [9.17, 15) is 37.1 Å². The molecule has 3 aromatic heterocycles. The van der Waals surface area contributed by atoms with Crippen LogP contribution in [0.3, 0.4) is 0 Å². The Labute approximate surface area is 331 Å². The first-order valence-corrected chi connectivity index (χ1v) is 19.1. The number of rotatable bonds is 5. The van der Waals surface area contributed by atoms with Crippen LogP contribution < -0.4 is 0 Å². The lowest BCUT2D eigenvalue weighted by molar-refractivity contribution is 0.0975. The summed E-state index contributed by atoms with van der Waals surface area (Å²) < 4.78 is 50.2. The molecule has 9 nitrogen and oxygen atoms in total. The van der Waals surface area contributed by atoms with Gasteiger partial charge < -0.3 is 4.74 Å². The Balaban J connectivity index is 1.06. The zero-order valence-electron chi connectivity index (χ0n) is 29.4. The van der Waals surface area contributed by atoms with Crippen LogP contribution in [0.1, 0.15) is 62.6 Å². The van der Waals surface area contributed by atoms with Gasteiger partial charge in [-0.25, -0.2) is 32.5 Å². The van der Waals surface area contributed by atoms with Crippen LogP contribution in [-0.2, 0) is 11.3 Å². The van der Waals surface area contributed by atoms with Crippen LogP contribution in [0, 0.1) is 17.5 Å². The van der Waals surface area contributed by atoms with E-state index in [2.05, 4.69) is 16.5 Å². The van der Waals surface area contributed by atoms with Gasteiger partial charge in [-0.1, -0.05) is 43.0 Å². The van der Waals surface area contributed by atoms with E-state index >= 15 is 0 Å².